The molecule has 1 heterocycles. The van der Waals surface area contributed by atoms with Crippen LogP contribution in [-0.2, 0) is 19.6 Å². The molecule has 1 amide bonds. The van der Waals surface area contributed by atoms with E-state index in [0.29, 0.717) is 38.5 Å². The van der Waals surface area contributed by atoms with E-state index in [-0.39, 0.29) is 18.3 Å². The monoisotopic (exact) mass is 298 g/mol. The van der Waals surface area contributed by atoms with Gasteiger partial charge >= 0.3 is 0 Å². The Morgan fingerprint density at radius 1 is 1.28 bits per heavy atom. The number of nitrogens with zero attached hydrogens (tertiary/aromatic N) is 2. The molecule has 0 spiro atoms. The van der Waals surface area contributed by atoms with Crippen LogP contribution in [0.5, 0.6) is 0 Å². The summed E-state index contributed by atoms with van der Waals surface area (Å²) in [5.41, 5.74) is 0. The van der Waals surface area contributed by atoms with Gasteiger partial charge in [-0.05, 0) is 6.42 Å². The molecule has 106 valence electrons. The third-order valence-electron chi connectivity index (χ3n) is 2.79. The highest BCUT2D eigenvalue weighted by Crippen LogP contribution is 2.09. The van der Waals surface area contributed by atoms with Gasteiger partial charge in [-0.3, -0.25) is 4.79 Å². The third-order valence-corrected chi connectivity index (χ3v) is 5.01. The fourth-order valence-corrected chi connectivity index (χ4v) is 3.58. The van der Waals surface area contributed by atoms with Gasteiger partial charge in [0.1, 0.15) is 6.61 Å². The first-order chi connectivity index (χ1) is 8.51. The molecule has 1 fully saturated rings. The highest BCUT2D eigenvalue weighted by atomic mass is 35.5. The van der Waals surface area contributed by atoms with Gasteiger partial charge in [-0.25, -0.2) is 8.42 Å². The molecule has 0 bridgehead atoms. The molecule has 6 nitrogen and oxygen atoms in total. The van der Waals surface area contributed by atoms with Crippen LogP contribution in [0, 0.1) is 0 Å². The molecular formula is C10H19ClN2O4S. The zero-order chi connectivity index (χ0) is 13.6. The van der Waals surface area contributed by atoms with Crippen molar-refractivity contribution >= 4 is 27.5 Å². The Morgan fingerprint density at radius 2 is 1.89 bits per heavy atom. The summed E-state index contributed by atoms with van der Waals surface area (Å²) in [6.07, 6.45) is 0.451. The van der Waals surface area contributed by atoms with Gasteiger partial charge in [0, 0.05) is 39.2 Å². The van der Waals surface area contributed by atoms with Gasteiger partial charge in [0.2, 0.25) is 15.9 Å². The van der Waals surface area contributed by atoms with E-state index >= 15 is 0 Å². The van der Waals surface area contributed by atoms with E-state index in [1.54, 1.807) is 4.90 Å². The van der Waals surface area contributed by atoms with Crippen LogP contribution in [0.15, 0.2) is 0 Å². The molecule has 0 aliphatic carbocycles. The standard InChI is InChI=1S/C10H19ClN2O4S/c1-17-9-10(14)12-4-6-13(7-5-12)18(15,16)8-2-3-11/h2-9H2,1H3. The largest absolute Gasteiger partial charge is 0.375 e. The second-order valence-electron chi connectivity index (χ2n) is 4.07. The van der Waals surface area contributed by atoms with Gasteiger partial charge in [-0.1, -0.05) is 0 Å². The number of hydrogen-bond donors (Lipinski definition) is 0. The van der Waals surface area contributed by atoms with E-state index in [1.165, 1.54) is 11.4 Å². The van der Waals surface area contributed by atoms with E-state index in [1.807, 2.05) is 0 Å². The summed E-state index contributed by atoms with van der Waals surface area (Å²) in [6, 6.07) is 0. The third kappa shape index (κ3) is 4.38. The van der Waals surface area contributed by atoms with Crippen LogP contribution in [-0.4, -0.2) is 75.1 Å². The van der Waals surface area contributed by atoms with Crippen molar-refractivity contribution in [3.8, 4) is 0 Å². The minimum absolute atomic E-state index is 0.0407. The van der Waals surface area contributed by atoms with Crippen LogP contribution in [0.25, 0.3) is 0 Å². The summed E-state index contributed by atoms with van der Waals surface area (Å²) in [5, 5.41) is 0. The molecule has 0 unspecified atom stereocenters. The summed E-state index contributed by atoms with van der Waals surface area (Å²) in [6.45, 7) is 1.57. The molecule has 1 rings (SSSR count). The molecule has 1 aliphatic rings. The topological polar surface area (TPSA) is 66.9 Å². The van der Waals surface area contributed by atoms with E-state index < -0.39 is 10.0 Å². The lowest BCUT2D eigenvalue weighted by atomic mass is 10.3. The van der Waals surface area contributed by atoms with Crippen LogP contribution in [0.4, 0.5) is 0 Å². The van der Waals surface area contributed by atoms with Gasteiger partial charge in [0.15, 0.2) is 0 Å². The number of halogens is 1. The Labute approximate surface area is 113 Å². The molecule has 0 atom stereocenters. The van der Waals surface area contributed by atoms with Gasteiger partial charge < -0.3 is 9.64 Å². The van der Waals surface area contributed by atoms with Gasteiger partial charge in [0.05, 0.1) is 5.75 Å². The maximum absolute atomic E-state index is 11.9. The van der Waals surface area contributed by atoms with Crippen LogP contribution in [0.3, 0.4) is 0 Å². The van der Waals surface area contributed by atoms with E-state index in [4.69, 9.17) is 16.3 Å². The number of amides is 1. The van der Waals surface area contributed by atoms with E-state index in [2.05, 4.69) is 0 Å². The summed E-state index contributed by atoms with van der Waals surface area (Å²) < 4.78 is 30.0. The SMILES string of the molecule is COCC(=O)N1CCN(S(=O)(=O)CCCCl)CC1. The average molecular weight is 299 g/mol. The summed E-state index contributed by atoms with van der Waals surface area (Å²) >= 11 is 5.50. The van der Waals surface area contributed by atoms with E-state index in [9.17, 15) is 13.2 Å². The van der Waals surface area contributed by atoms with Crippen molar-refractivity contribution in [2.24, 2.45) is 0 Å². The number of carbonyl (C=O) groups excluding carboxylic acids is 1. The number of carbonyl (C=O) groups is 1. The Bertz CT molecular complexity index is 366. The normalized spacial score (nSPS) is 18.0. The van der Waals surface area contributed by atoms with Crippen molar-refractivity contribution in [2.45, 2.75) is 6.42 Å². The lowest BCUT2D eigenvalue weighted by Crippen LogP contribution is -2.51. The fraction of sp³-hybridized carbons (Fsp3) is 0.900. The highest BCUT2D eigenvalue weighted by Gasteiger charge is 2.28. The van der Waals surface area contributed by atoms with Crippen LogP contribution < -0.4 is 0 Å². The zero-order valence-electron chi connectivity index (χ0n) is 10.5. The van der Waals surface area contributed by atoms with Crippen molar-refractivity contribution in [3.05, 3.63) is 0 Å². The molecule has 0 N–H and O–H groups in total. The number of rotatable bonds is 6. The predicted octanol–water partition coefficient (Wildman–Crippen LogP) is -0.264. The number of hydrogen-bond acceptors (Lipinski definition) is 4. The number of piperazine rings is 1. The molecule has 0 saturated carbocycles. The van der Waals surface area contributed by atoms with Crippen LogP contribution in [0.2, 0.25) is 0 Å². The summed E-state index contributed by atoms with van der Waals surface area (Å²) in [4.78, 5) is 13.2. The number of alkyl halides is 1. The van der Waals surface area contributed by atoms with Crippen molar-refractivity contribution in [1.82, 2.24) is 9.21 Å². The van der Waals surface area contributed by atoms with Crippen molar-refractivity contribution in [2.75, 3.05) is 51.5 Å². The first-order valence-corrected chi connectivity index (χ1v) is 7.96. The first kappa shape index (κ1) is 15.7. The molecule has 18 heavy (non-hydrogen) atoms. The Hall–Kier alpha value is -0.370. The lowest BCUT2D eigenvalue weighted by Gasteiger charge is -2.33. The average Bonchev–Trinajstić information content (AvgIpc) is 2.37. The molecule has 0 aromatic rings. The maximum Gasteiger partial charge on any atom is 0.248 e. The minimum Gasteiger partial charge on any atom is -0.375 e. The predicted molar refractivity (Wildman–Crippen MR) is 69.2 cm³/mol. The van der Waals surface area contributed by atoms with Crippen LogP contribution in [0.1, 0.15) is 6.42 Å². The molecule has 0 aromatic carbocycles. The molecule has 8 heteroatoms. The van der Waals surface area contributed by atoms with Gasteiger partial charge in [-0.2, -0.15) is 4.31 Å². The molecular weight excluding hydrogens is 280 g/mol. The zero-order valence-corrected chi connectivity index (χ0v) is 12.0. The van der Waals surface area contributed by atoms with E-state index in [0.717, 1.165) is 0 Å². The Kier molecular flexibility index (Phi) is 6.34. The number of sulfonamides is 1. The minimum atomic E-state index is -3.23. The molecule has 0 radical (unpaired) electrons. The van der Waals surface area contributed by atoms with Gasteiger partial charge in [0.25, 0.3) is 0 Å². The van der Waals surface area contributed by atoms with Gasteiger partial charge in [-0.15, -0.1) is 11.6 Å². The Balaban J connectivity index is 2.46. The van der Waals surface area contributed by atoms with Crippen molar-refractivity contribution < 1.29 is 17.9 Å². The Morgan fingerprint density at radius 3 is 2.39 bits per heavy atom. The second-order valence-corrected chi connectivity index (χ2v) is 6.54. The molecule has 1 saturated heterocycles. The van der Waals surface area contributed by atoms with Crippen molar-refractivity contribution in [1.29, 1.82) is 0 Å². The number of ether oxygens (including phenoxy) is 1. The molecule has 0 aromatic heterocycles. The fourth-order valence-electron chi connectivity index (χ4n) is 1.80. The lowest BCUT2D eigenvalue weighted by molar-refractivity contribution is -0.136. The smallest absolute Gasteiger partial charge is 0.248 e. The summed E-state index contributed by atoms with van der Waals surface area (Å²) in [7, 11) is -1.76. The highest BCUT2D eigenvalue weighted by molar-refractivity contribution is 7.89. The number of methoxy groups -OCH3 is 1. The first-order valence-electron chi connectivity index (χ1n) is 5.81. The van der Waals surface area contributed by atoms with Crippen LogP contribution >= 0.6 is 11.6 Å². The molecule has 1 aliphatic heterocycles. The summed E-state index contributed by atoms with van der Waals surface area (Å²) in [5.74, 6) is 0.309. The van der Waals surface area contributed by atoms with Crippen molar-refractivity contribution in [3.63, 3.8) is 0 Å². The second kappa shape index (κ2) is 7.28. The quantitative estimate of drug-likeness (QED) is 0.634. The maximum atomic E-state index is 11.9.